The van der Waals surface area contributed by atoms with Crippen LogP contribution in [0.4, 0.5) is 16.0 Å². The van der Waals surface area contributed by atoms with Crippen molar-refractivity contribution in [2.75, 3.05) is 5.32 Å². The average Bonchev–Trinajstić information content (AvgIpc) is 2.88. The number of hydrogen-bond donors (Lipinski definition) is 2. The summed E-state index contributed by atoms with van der Waals surface area (Å²) in [5.74, 6) is -0.589. The molecule has 1 aromatic carbocycles. The first-order chi connectivity index (χ1) is 18.4. The molecule has 0 aliphatic heterocycles. The summed E-state index contributed by atoms with van der Waals surface area (Å²) < 4.78 is 21.0. The highest BCUT2D eigenvalue weighted by Gasteiger charge is 2.29. The van der Waals surface area contributed by atoms with Gasteiger partial charge in [0, 0.05) is 23.7 Å². The standard InChI is InChI=1S/C27H25ClFN5O5/c1-16-20(39-23-11-8-19(29)13-30-23)9-10-21(31-16)32-22-12-24(35)34(15-27(2,3)25(36)37)26(38)33(22)14-17-4-6-18(28)7-5-17/h4-13H,14-15H2,1-3H3,(H,31,32)(H,36,37). The molecule has 0 aliphatic carbocycles. The fourth-order valence-corrected chi connectivity index (χ4v) is 3.77. The Morgan fingerprint density at radius 2 is 1.82 bits per heavy atom. The van der Waals surface area contributed by atoms with Crippen molar-refractivity contribution in [3.8, 4) is 11.6 Å². The zero-order valence-corrected chi connectivity index (χ0v) is 22.1. The van der Waals surface area contributed by atoms with E-state index in [1.165, 1.54) is 36.6 Å². The summed E-state index contributed by atoms with van der Waals surface area (Å²) in [6.07, 6.45) is 1.04. The Balaban J connectivity index is 1.71. The average molecular weight is 554 g/mol. The predicted molar refractivity (Wildman–Crippen MR) is 143 cm³/mol. The van der Waals surface area contributed by atoms with Crippen LogP contribution >= 0.6 is 11.6 Å². The molecule has 39 heavy (non-hydrogen) atoms. The van der Waals surface area contributed by atoms with E-state index >= 15 is 0 Å². The van der Waals surface area contributed by atoms with Crippen LogP contribution in [0.5, 0.6) is 11.6 Å². The molecule has 0 bridgehead atoms. The third kappa shape index (κ3) is 6.50. The summed E-state index contributed by atoms with van der Waals surface area (Å²) in [5.41, 5.74) is -1.51. The molecule has 202 valence electrons. The minimum Gasteiger partial charge on any atom is -0.481 e. The summed E-state index contributed by atoms with van der Waals surface area (Å²) in [5, 5.41) is 13.1. The summed E-state index contributed by atoms with van der Waals surface area (Å²) in [6.45, 7) is 4.32. The first-order valence-electron chi connectivity index (χ1n) is 11.8. The molecule has 0 atom stereocenters. The van der Waals surface area contributed by atoms with Crippen molar-refractivity contribution in [2.45, 2.75) is 33.9 Å². The molecule has 4 rings (SSSR count). The van der Waals surface area contributed by atoms with Crippen molar-refractivity contribution < 1.29 is 19.0 Å². The van der Waals surface area contributed by atoms with Gasteiger partial charge in [0.05, 0.1) is 23.9 Å². The van der Waals surface area contributed by atoms with Gasteiger partial charge in [-0.1, -0.05) is 23.7 Å². The van der Waals surface area contributed by atoms with E-state index < -0.39 is 28.5 Å². The van der Waals surface area contributed by atoms with Crippen molar-refractivity contribution >= 4 is 29.2 Å². The van der Waals surface area contributed by atoms with Crippen molar-refractivity contribution in [3.05, 3.63) is 104 Å². The maximum atomic E-state index is 13.5. The van der Waals surface area contributed by atoms with Crippen molar-refractivity contribution in [2.24, 2.45) is 5.41 Å². The highest BCUT2D eigenvalue weighted by molar-refractivity contribution is 6.30. The predicted octanol–water partition coefficient (Wildman–Crippen LogP) is 4.60. The lowest BCUT2D eigenvalue weighted by molar-refractivity contribution is -0.147. The van der Waals surface area contributed by atoms with Crippen molar-refractivity contribution in [3.63, 3.8) is 0 Å². The van der Waals surface area contributed by atoms with Gasteiger partial charge in [0.15, 0.2) is 5.75 Å². The number of aliphatic carboxylic acids is 1. The van der Waals surface area contributed by atoms with Crippen LogP contribution in [0.25, 0.3) is 0 Å². The van der Waals surface area contributed by atoms with Crippen LogP contribution in [0.2, 0.25) is 5.02 Å². The van der Waals surface area contributed by atoms with Gasteiger partial charge in [-0.3, -0.25) is 18.7 Å². The fourth-order valence-electron chi connectivity index (χ4n) is 3.65. The third-order valence-corrected chi connectivity index (χ3v) is 6.13. The summed E-state index contributed by atoms with van der Waals surface area (Å²) >= 11 is 6.00. The molecule has 0 spiro atoms. The van der Waals surface area contributed by atoms with Gasteiger partial charge in [-0.2, -0.15) is 0 Å². The Bertz CT molecular complexity index is 1630. The second kappa shape index (κ2) is 11.1. The summed E-state index contributed by atoms with van der Waals surface area (Å²) in [6, 6.07) is 13.9. The second-order valence-electron chi connectivity index (χ2n) is 9.46. The van der Waals surface area contributed by atoms with E-state index in [-0.39, 0.29) is 24.8 Å². The number of ether oxygens (including phenoxy) is 1. The minimum atomic E-state index is -1.36. The maximum Gasteiger partial charge on any atom is 0.332 e. The van der Waals surface area contributed by atoms with E-state index in [0.717, 1.165) is 16.3 Å². The number of carbonyl (C=O) groups is 1. The normalized spacial score (nSPS) is 11.3. The maximum absolute atomic E-state index is 13.5. The molecular formula is C27H25ClFN5O5. The molecule has 0 saturated heterocycles. The molecule has 0 unspecified atom stereocenters. The molecule has 10 nitrogen and oxygen atoms in total. The molecular weight excluding hydrogens is 529 g/mol. The quantitative estimate of drug-likeness (QED) is 0.308. The van der Waals surface area contributed by atoms with Gasteiger partial charge in [-0.05, 0) is 56.7 Å². The van der Waals surface area contributed by atoms with Crippen LogP contribution in [0, 0.1) is 18.2 Å². The van der Waals surface area contributed by atoms with Crippen molar-refractivity contribution in [1.82, 2.24) is 19.1 Å². The number of carboxylic acid groups (broad SMARTS) is 1. The molecule has 2 N–H and O–H groups in total. The fraction of sp³-hybridized carbons (Fsp3) is 0.222. The van der Waals surface area contributed by atoms with E-state index in [1.54, 1.807) is 43.3 Å². The topological polar surface area (TPSA) is 128 Å². The lowest BCUT2D eigenvalue weighted by atomic mass is 9.94. The molecule has 4 aromatic rings. The molecule has 12 heteroatoms. The third-order valence-electron chi connectivity index (χ3n) is 5.87. The number of nitrogens with one attached hydrogen (secondary N) is 1. The number of aromatic nitrogens is 4. The molecule has 0 amide bonds. The number of benzene rings is 1. The number of aryl methyl sites for hydroxylation is 1. The lowest BCUT2D eigenvalue weighted by Gasteiger charge is -2.22. The molecule has 0 saturated carbocycles. The van der Waals surface area contributed by atoms with Crippen LogP contribution in [0.1, 0.15) is 25.1 Å². The van der Waals surface area contributed by atoms with Gasteiger partial charge in [0.2, 0.25) is 5.88 Å². The van der Waals surface area contributed by atoms with E-state index in [1.807, 2.05) is 0 Å². The zero-order chi connectivity index (χ0) is 28.3. The smallest absolute Gasteiger partial charge is 0.332 e. The molecule has 0 radical (unpaired) electrons. The highest BCUT2D eigenvalue weighted by Crippen LogP contribution is 2.25. The lowest BCUT2D eigenvalue weighted by Crippen LogP contribution is -2.45. The van der Waals surface area contributed by atoms with E-state index in [9.17, 15) is 23.9 Å². The molecule has 3 aromatic heterocycles. The van der Waals surface area contributed by atoms with Gasteiger partial charge >= 0.3 is 11.7 Å². The highest BCUT2D eigenvalue weighted by atomic mass is 35.5. The van der Waals surface area contributed by atoms with Gasteiger partial charge < -0.3 is 15.2 Å². The van der Waals surface area contributed by atoms with E-state index in [4.69, 9.17) is 16.3 Å². The number of carboxylic acids is 1. The van der Waals surface area contributed by atoms with E-state index in [0.29, 0.717) is 22.3 Å². The number of pyridine rings is 2. The minimum absolute atomic E-state index is 0.0720. The largest absolute Gasteiger partial charge is 0.481 e. The first kappa shape index (κ1) is 27.5. The van der Waals surface area contributed by atoms with Crippen LogP contribution in [-0.4, -0.2) is 30.2 Å². The summed E-state index contributed by atoms with van der Waals surface area (Å²) in [4.78, 5) is 46.5. The van der Waals surface area contributed by atoms with Crippen LogP contribution in [0.3, 0.4) is 0 Å². The van der Waals surface area contributed by atoms with Gasteiger partial charge in [0.25, 0.3) is 5.56 Å². The number of nitrogens with zero attached hydrogens (tertiary/aromatic N) is 4. The van der Waals surface area contributed by atoms with Gasteiger partial charge in [-0.15, -0.1) is 0 Å². The van der Waals surface area contributed by atoms with Crippen LogP contribution < -0.4 is 21.3 Å². The zero-order valence-electron chi connectivity index (χ0n) is 21.3. The van der Waals surface area contributed by atoms with E-state index in [2.05, 4.69) is 15.3 Å². The van der Waals surface area contributed by atoms with Gasteiger partial charge in [-0.25, -0.2) is 19.2 Å². The van der Waals surface area contributed by atoms with Crippen LogP contribution in [0.15, 0.2) is 70.4 Å². The molecule has 3 heterocycles. The second-order valence-corrected chi connectivity index (χ2v) is 9.90. The number of hydrogen-bond acceptors (Lipinski definition) is 7. The Morgan fingerprint density at radius 1 is 1.10 bits per heavy atom. The summed E-state index contributed by atoms with van der Waals surface area (Å²) in [7, 11) is 0. The molecule has 0 fully saturated rings. The first-order valence-corrected chi connectivity index (χ1v) is 12.2. The van der Waals surface area contributed by atoms with Crippen molar-refractivity contribution in [1.29, 1.82) is 0 Å². The van der Waals surface area contributed by atoms with Crippen LogP contribution in [-0.2, 0) is 17.9 Å². The number of rotatable bonds is 9. The Labute approximate surface area is 227 Å². The number of halogens is 2. The Morgan fingerprint density at radius 3 is 2.44 bits per heavy atom. The molecule has 0 aliphatic rings. The number of anilines is 2. The SMILES string of the molecule is Cc1nc(Nc2cc(=O)n(CC(C)(C)C(=O)O)c(=O)n2Cc2ccc(Cl)cc2)ccc1Oc1ccc(F)cn1. The van der Waals surface area contributed by atoms with Gasteiger partial charge in [0.1, 0.15) is 17.5 Å². The Hall–Kier alpha value is -4.51. The Kier molecular flexibility index (Phi) is 7.82. The monoisotopic (exact) mass is 553 g/mol.